The van der Waals surface area contributed by atoms with Gasteiger partial charge in [0.15, 0.2) is 0 Å². The monoisotopic (exact) mass is 281 g/mol. The number of aromatic nitrogens is 1. The second-order valence-corrected chi connectivity index (χ2v) is 4.87. The van der Waals surface area contributed by atoms with Crippen LogP contribution in [0.2, 0.25) is 0 Å². The normalized spacial score (nSPS) is 10.4. The number of carbonyl (C=O) groups is 1. The number of rotatable bonds is 4. The summed E-state index contributed by atoms with van der Waals surface area (Å²) in [5.41, 5.74) is 0.714. The van der Waals surface area contributed by atoms with E-state index >= 15 is 0 Å². The van der Waals surface area contributed by atoms with Crippen LogP contribution >= 0.6 is 11.3 Å². The van der Waals surface area contributed by atoms with Crippen LogP contribution in [0.15, 0.2) is 23.0 Å². The van der Waals surface area contributed by atoms with Gasteiger partial charge in [0.05, 0.1) is 12.0 Å². The minimum Gasteiger partial charge on any atom is -0.496 e. The number of H-pyrrole nitrogens is 1. The summed E-state index contributed by atoms with van der Waals surface area (Å²) in [6.07, 6.45) is 0.277. The fourth-order valence-electron chi connectivity index (χ4n) is 1.69. The molecule has 2 rings (SSSR count). The summed E-state index contributed by atoms with van der Waals surface area (Å²) in [4.78, 5) is 24.5. The molecular weight excluding hydrogens is 270 g/mol. The van der Waals surface area contributed by atoms with Gasteiger partial charge in [-0.05, 0) is 17.7 Å². The molecule has 0 spiro atoms. The Balaban J connectivity index is 2.36. The third-order valence-electron chi connectivity index (χ3n) is 2.56. The van der Waals surface area contributed by atoms with Crippen molar-refractivity contribution in [1.29, 1.82) is 0 Å². The van der Waals surface area contributed by atoms with E-state index in [1.807, 2.05) is 0 Å². The summed E-state index contributed by atoms with van der Waals surface area (Å²) in [6.45, 7) is 0. The number of carboxylic acid groups (broad SMARTS) is 1. The highest BCUT2D eigenvalue weighted by Gasteiger charge is 2.13. The molecule has 0 aliphatic heterocycles. The standard InChI is InChI=1S/C12H11NO5S/c1-18-8-3-2-6(4-7(8)11(15)16)5-9-10(14)13-12(17)19-9/h2-4,14H,5H2,1H3,(H,13,17)(H,15,16). The summed E-state index contributed by atoms with van der Waals surface area (Å²) >= 11 is 0.894. The van der Waals surface area contributed by atoms with Gasteiger partial charge in [-0.15, -0.1) is 0 Å². The molecule has 1 heterocycles. The average molecular weight is 281 g/mol. The van der Waals surface area contributed by atoms with Gasteiger partial charge in [-0.3, -0.25) is 9.78 Å². The molecule has 7 heteroatoms. The van der Waals surface area contributed by atoms with E-state index in [0.29, 0.717) is 10.4 Å². The smallest absolute Gasteiger partial charge is 0.339 e. The van der Waals surface area contributed by atoms with Crippen molar-refractivity contribution in [3.8, 4) is 11.6 Å². The molecule has 0 aliphatic carbocycles. The largest absolute Gasteiger partial charge is 0.496 e. The molecule has 0 amide bonds. The lowest BCUT2D eigenvalue weighted by Crippen LogP contribution is -2.01. The predicted molar refractivity (Wildman–Crippen MR) is 69.4 cm³/mol. The van der Waals surface area contributed by atoms with Crippen molar-refractivity contribution < 1.29 is 19.7 Å². The Labute approximate surface area is 111 Å². The van der Waals surface area contributed by atoms with Gasteiger partial charge in [-0.25, -0.2) is 4.79 Å². The van der Waals surface area contributed by atoms with Crippen molar-refractivity contribution in [2.24, 2.45) is 0 Å². The Morgan fingerprint density at radius 3 is 2.74 bits per heavy atom. The molecule has 3 N–H and O–H groups in total. The van der Waals surface area contributed by atoms with Crippen molar-refractivity contribution in [2.75, 3.05) is 7.11 Å². The van der Waals surface area contributed by atoms with E-state index in [1.54, 1.807) is 12.1 Å². The predicted octanol–water partition coefficient (Wildman–Crippen LogP) is 1.44. The minimum absolute atomic E-state index is 0.0439. The van der Waals surface area contributed by atoms with E-state index in [4.69, 9.17) is 9.84 Å². The number of carboxylic acids is 1. The zero-order valence-electron chi connectivity index (χ0n) is 9.97. The summed E-state index contributed by atoms with van der Waals surface area (Å²) in [5, 5.41) is 18.5. The Hall–Kier alpha value is -2.28. The zero-order chi connectivity index (χ0) is 14.0. The van der Waals surface area contributed by atoms with Crippen LogP contribution in [0.3, 0.4) is 0 Å². The number of hydrogen-bond acceptors (Lipinski definition) is 5. The summed E-state index contributed by atoms with van der Waals surface area (Å²) in [7, 11) is 1.39. The Kier molecular flexibility index (Phi) is 3.57. The lowest BCUT2D eigenvalue weighted by Gasteiger charge is -2.07. The lowest BCUT2D eigenvalue weighted by molar-refractivity contribution is 0.0693. The molecule has 100 valence electrons. The first-order valence-corrected chi connectivity index (χ1v) is 6.14. The Bertz CT molecular complexity index is 673. The average Bonchev–Trinajstić information content (AvgIpc) is 2.67. The van der Waals surface area contributed by atoms with E-state index in [9.17, 15) is 14.7 Å². The van der Waals surface area contributed by atoms with Crippen LogP contribution in [0.5, 0.6) is 11.6 Å². The maximum absolute atomic E-state index is 11.1. The number of ether oxygens (including phenoxy) is 1. The molecule has 0 saturated carbocycles. The van der Waals surface area contributed by atoms with Gasteiger partial charge >= 0.3 is 10.8 Å². The Morgan fingerprint density at radius 1 is 1.47 bits per heavy atom. The van der Waals surface area contributed by atoms with Gasteiger partial charge in [0.25, 0.3) is 0 Å². The first kappa shape index (κ1) is 13.2. The molecule has 2 aromatic rings. The topological polar surface area (TPSA) is 99.6 Å². The molecule has 0 saturated heterocycles. The first-order chi connectivity index (χ1) is 9.01. The molecule has 0 unspecified atom stereocenters. The third kappa shape index (κ3) is 2.76. The second kappa shape index (κ2) is 5.15. The quantitative estimate of drug-likeness (QED) is 0.787. The van der Waals surface area contributed by atoms with Gasteiger partial charge in [-0.1, -0.05) is 17.4 Å². The van der Waals surface area contributed by atoms with Crippen LogP contribution in [0.25, 0.3) is 0 Å². The zero-order valence-corrected chi connectivity index (χ0v) is 10.8. The fourth-order valence-corrected chi connectivity index (χ4v) is 2.45. The molecule has 6 nitrogen and oxygen atoms in total. The van der Waals surface area contributed by atoms with Gasteiger partial charge in [0, 0.05) is 6.42 Å². The van der Waals surface area contributed by atoms with E-state index in [-0.39, 0.29) is 28.5 Å². The number of hydrogen-bond donors (Lipinski definition) is 3. The fraction of sp³-hybridized carbons (Fsp3) is 0.167. The number of benzene rings is 1. The van der Waals surface area contributed by atoms with Crippen LogP contribution in [0, 0.1) is 0 Å². The van der Waals surface area contributed by atoms with Crippen molar-refractivity contribution in [3.63, 3.8) is 0 Å². The minimum atomic E-state index is -1.09. The number of nitrogens with one attached hydrogen (secondary N) is 1. The summed E-state index contributed by atoms with van der Waals surface area (Å²) in [5.74, 6) is -1.00. The molecule has 1 aromatic heterocycles. The van der Waals surface area contributed by atoms with Crippen molar-refractivity contribution in [1.82, 2.24) is 4.98 Å². The maximum Gasteiger partial charge on any atom is 0.339 e. The number of aromatic hydroxyl groups is 1. The van der Waals surface area contributed by atoms with Gasteiger partial charge < -0.3 is 14.9 Å². The van der Waals surface area contributed by atoms with E-state index in [0.717, 1.165) is 11.3 Å². The second-order valence-electron chi connectivity index (χ2n) is 3.80. The maximum atomic E-state index is 11.1. The van der Waals surface area contributed by atoms with E-state index in [2.05, 4.69) is 4.98 Å². The van der Waals surface area contributed by atoms with Gasteiger partial charge in [0.1, 0.15) is 11.3 Å². The molecule has 19 heavy (non-hydrogen) atoms. The number of thiazole rings is 1. The summed E-state index contributed by atoms with van der Waals surface area (Å²) < 4.78 is 4.96. The molecular formula is C12H11NO5S. The van der Waals surface area contributed by atoms with Crippen LogP contribution < -0.4 is 9.61 Å². The highest BCUT2D eigenvalue weighted by Crippen LogP contribution is 2.24. The molecule has 1 aromatic carbocycles. The summed E-state index contributed by atoms with van der Waals surface area (Å²) in [6, 6.07) is 4.70. The highest BCUT2D eigenvalue weighted by atomic mass is 32.1. The van der Waals surface area contributed by atoms with Crippen LogP contribution in [-0.2, 0) is 6.42 Å². The van der Waals surface area contributed by atoms with Crippen molar-refractivity contribution >= 4 is 17.3 Å². The van der Waals surface area contributed by atoms with Gasteiger partial charge in [0.2, 0.25) is 5.88 Å². The number of aromatic carboxylic acids is 1. The number of methoxy groups -OCH3 is 1. The van der Waals surface area contributed by atoms with Crippen LogP contribution in [0.1, 0.15) is 20.8 Å². The first-order valence-electron chi connectivity index (χ1n) is 5.32. The lowest BCUT2D eigenvalue weighted by atomic mass is 10.1. The van der Waals surface area contributed by atoms with E-state index in [1.165, 1.54) is 13.2 Å². The van der Waals surface area contributed by atoms with Crippen molar-refractivity contribution in [3.05, 3.63) is 43.9 Å². The number of aromatic amines is 1. The molecule has 0 aliphatic rings. The van der Waals surface area contributed by atoms with Gasteiger partial charge in [-0.2, -0.15) is 0 Å². The van der Waals surface area contributed by atoms with Crippen LogP contribution in [-0.4, -0.2) is 28.3 Å². The molecule has 0 bridgehead atoms. The molecule has 0 radical (unpaired) electrons. The highest BCUT2D eigenvalue weighted by molar-refractivity contribution is 7.09. The Morgan fingerprint density at radius 2 is 2.21 bits per heavy atom. The van der Waals surface area contributed by atoms with E-state index < -0.39 is 5.97 Å². The van der Waals surface area contributed by atoms with Crippen molar-refractivity contribution in [2.45, 2.75) is 6.42 Å². The third-order valence-corrected chi connectivity index (χ3v) is 3.43. The molecule has 0 atom stereocenters. The van der Waals surface area contributed by atoms with Crippen LogP contribution in [0.4, 0.5) is 0 Å². The molecule has 0 fully saturated rings. The SMILES string of the molecule is COc1ccc(Cc2sc(=O)[nH]c2O)cc1C(=O)O.